The van der Waals surface area contributed by atoms with Crippen LogP contribution < -0.4 is 10.1 Å². The Morgan fingerprint density at radius 3 is 3.13 bits per heavy atom. The van der Waals surface area contributed by atoms with E-state index in [1.807, 2.05) is 36.7 Å². The number of thiazole rings is 1. The highest BCUT2D eigenvalue weighted by Gasteiger charge is 2.23. The molecule has 5 nitrogen and oxygen atoms in total. The quantitative estimate of drug-likeness (QED) is 0.937. The minimum atomic E-state index is -0.0682. The molecule has 2 amide bonds. The van der Waals surface area contributed by atoms with E-state index < -0.39 is 0 Å². The average Bonchev–Trinajstić information content (AvgIpc) is 3.09. The third kappa shape index (κ3) is 3.82. The maximum absolute atomic E-state index is 12.4. The number of hydrogen-bond acceptors (Lipinski definition) is 4. The highest BCUT2D eigenvalue weighted by Crippen LogP contribution is 2.24. The molecule has 0 saturated carbocycles. The molecule has 0 radical (unpaired) electrons. The molecule has 1 N–H and O–H groups in total. The molecule has 0 spiro atoms. The number of nitrogens with one attached hydrogen (secondary N) is 1. The second-order valence-electron chi connectivity index (χ2n) is 5.92. The first-order valence-corrected chi connectivity index (χ1v) is 8.63. The Kier molecular flexibility index (Phi) is 4.81. The molecule has 2 aromatic rings. The Morgan fingerprint density at radius 1 is 1.52 bits per heavy atom. The molecule has 6 heteroatoms. The summed E-state index contributed by atoms with van der Waals surface area (Å²) in [5, 5.41) is 6.07. The Hall–Kier alpha value is -2.08. The van der Waals surface area contributed by atoms with Gasteiger partial charge in [-0.2, -0.15) is 0 Å². The second-order valence-corrected chi connectivity index (χ2v) is 6.85. The smallest absolute Gasteiger partial charge is 0.317 e. The third-order valence-corrected chi connectivity index (χ3v) is 4.98. The predicted molar refractivity (Wildman–Crippen MR) is 91.1 cm³/mol. The molecule has 23 heavy (non-hydrogen) atoms. The zero-order valence-electron chi connectivity index (χ0n) is 13.4. The van der Waals surface area contributed by atoms with Crippen molar-refractivity contribution in [2.24, 2.45) is 0 Å². The molecule has 1 aromatic heterocycles. The van der Waals surface area contributed by atoms with Crippen LogP contribution in [0, 0.1) is 0 Å². The monoisotopic (exact) mass is 331 g/mol. The Morgan fingerprint density at radius 2 is 2.35 bits per heavy atom. The molecule has 122 valence electrons. The fourth-order valence-electron chi connectivity index (χ4n) is 2.76. The van der Waals surface area contributed by atoms with Crippen LogP contribution in [-0.4, -0.2) is 42.2 Å². The maximum atomic E-state index is 12.4. The highest BCUT2D eigenvalue weighted by molar-refractivity contribution is 7.09. The fraction of sp³-hybridized carbons (Fsp3) is 0.412. The van der Waals surface area contributed by atoms with Crippen molar-refractivity contribution in [1.82, 2.24) is 15.2 Å². The van der Waals surface area contributed by atoms with Crippen molar-refractivity contribution in [3.8, 4) is 5.75 Å². The number of nitrogens with zero attached hydrogens (tertiary/aromatic N) is 2. The number of para-hydroxylation sites is 1. The SMILES string of the molecule is C[C@H](CN(C)C(=O)N[C@H]1COc2ccccc2C1)c1nccs1. The molecule has 2 heterocycles. The van der Waals surface area contributed by atoms with Gasteiger partial charge in [0.25, 0.3) is 0 Å². The van der Waals surface area contributed by atoms with Crippen LogP contribution in [-0.2, 0) is 6.42 Å². The molecule has 1 aliphatic heterocycles. The lowest BCUT2D eigenvalue weighted by Gasteiger charge is -2.28. The third-order valence-electron chi connectivity index (χ3n) is 3.97. The lowest BCUT2D eigenvalue weighted by atomic mass is 10.0. The summed E-state index contributed by atoms with van der Waals surface area (Å²) < 4.78 is 5.72. The number of carbonyl (C=O) groups excluding carboxylic acids is 1. The minimum absolute atomic E-state index is 0.00928. The molecule has 0 aliphatic carbocycles. The van der Waals surface area contributed by atoms with Crippen LogP contribution in [0.15, 0.2) is 35.8 Å². The van der Waals surface area contributed by atoms with Gasteiger partial charge in [-0.15, -0.1) is 11.3 Å². The van der Waals surface area contributed by atoms with Gasteiger partial charge >= 0.3 is 6.03 Å². The van der Waals surface area contributed by atoms with Gasteiger partial charge in [0, 0.05) is 31.1 Å². The standard InChI is InChI=1S/C17H21N3O2S/c1-12(16-18-7-8-23-16)10-20(2)17(21)19-14-9-13-5-3-4-6-15(13)22-11-14/h3-8,12,14H,9-11H2,1-2H3,(H,19,21)/t12-,14-/m1/s1. The van der Waals surface area contributed by atoms with E-state index in [9.17, 15) is 4.79 Å². The van der Waals surface area contributed by atoms with Gasteiger partial charge in [-0.05, 0) is 18.1 Å². The van der Waals surface area contributed by atoms with Crippen LogP contribution >= 0.6 is 11.3 Å². The van der Waals surface area contributed by atoms with Crippen molar-refractivity contribution in [3.05, 3.63) is 46.4 Å². The van der Waals surface area contributed by atoms with Crippen molar-refractivity contribution < 1.29 is 9.53 Å². The van der Waals surface area contributed by atoms with E-state index in [4.69, 9.17) is 4.74 Å². The number of carbonyl (C=O) groups is 1. The number of likely N-dealkylation sites (N-methyl/N-ethyl adjacent to an activating group) is 1. The summed E-state index contributed by atoms with van der Waals surface area (Å²) in [7, 11) is 1.82. The van der Waals surface area contributed by atoms with Gasteiger partial charge in [-0.25, -0.2) is 9.78 Å². The molecule has 0 unspecified atom stereocenters. The second kappa shape index (κ2) is 7.00. The molecule has 1 aromatic carbocycles. The normalized spacial score (nSPS) is 17.7. The molecule has 0 saturated heterocycles. The van der Waals surface area contributed by atoms with Gasteiger partial charge in [0.2, 0.25) is 0 Å². The van der Waals surface area contributed by atoms with Gasteiger partial charge in [-0.3, -0.25) is 0 Å². The molecule has 0 bridgehead atoms. The number of urea groups is 1. The summed E-state index contributed by atoms with van der Waals surface area (Å²) in [6, 6.07) is 7.91. The van der Waals surface area contributed by atoms with Crippen LogP contribution in [0.3, 0.4) is 0 Å². The van der Waals surface area contributed by atoms with Crippen LogP contribution in [0.25, 0.3) is 0 Å². The lowest BCUT2D eigenvalue weighted by molar-refractivity contribution is 0.187. The van der Waals surface area contributed by atoms with Gasteiger partial charge < -0.3 is 15.0 Å². The van der Waals surface area contributed by atoms with E-state index in [1.54, 1.807) is 22.4 Å². The first-order valence-electron chi connectivity index (χ1n) is 7.75. The number of ether oxygens (including phenoxy) is 1. The van der Waals surface area contributed by atoms with Crippen molar-refractivity contribution in [2.75, 3.05) is 20.2 Å². The number of fused-ring (bicyclic) bond motifs is 1. The van der Waals surface area contributed by atoms with Crippen LogP contribution in [0.1, 0.15) is 23.4 Å². The van der Waals surface area contributed by atoms with E-state index in [2.05, 4.69) is 17.2 Å². The summed E-state index contributed by atoms with van der Waals surface area (Å²) in [5.74, 6) is 1.15. The maximum Gasteiger partial charge on any atom is 0.317 e. The zero-order valence-corrected chi connectivity index (χ0v) is 14.2. The summed E-state index contributed by atoms with van der Waals surface area (Å²) in [5.41, 5.74) is 1.14. The predicted octanol–water partition coefficient (Wildman–Crippen LogP) is 2.89. The van der Waals surface area contributed by atoms with Gasteiger partial charge in [0.15, 0.2) is 0 Å². The molecule has 3 rings (SSSR count). The molecule has 0 fully saturated rings. The first kappa shape index (κ1) is 15.8. The zero-order chi connectivity index (χ0) is 16.2. The fourth-order valence-corrected chi connectivity index (χ4v) is 3.44. The topological polar surface area (TPSA) is 54.5 Å². The van der Waals surface area contributed by atoms with Gasteiger partial charge in [0.1, 0.15) is 12.4 Å². The number of aromatic nitrogens is 1. The number of amides is 2. The van der Waals surface area contributed by atoms with Crippen LogP contribution in [0.2, 0.25) is 0 Å². The Balaban J connectivity index is 1.53. The van der Waals surface area contributed by atoms with Gasteiger partial charge in [-0.1, -0.05) is 25.1 Å². The largest absolute Gasteiger partial charge is 0.491 e. The van der Waals surface area contributed by atoms with E-state index in [0.717, 1.165) is 22.7 Å². The molecular formula is C17H21N3O2S. The number of hydrogen-bond donors (Lipinski definition) is 1. The van der Waals surface area contributed by atoms with Crippen molar-refractivity contribution in [2.45, 2.75) is 25.3 Å². The van der Waals surface area contributed by atoms with Crippen molar-refractivity contribution >= 4 is 17.4 Å². The summed E-state index contributed by atoms with van der Waals surface area (Å²) >= 11 is 1.62. The van der Waals surface area contributed by atoms with E-state index in [-0.39, 0.29) is 18.0 Å². The summed E-state index contributed by atoms with van der Waals surface area (Å²) in [6.07, 6.45) is 2.60. The Labute approximate surface area is 140 Å². The van der Waals surface area contributed by atoms with E-state index in [0.29, 0.717) is 13.2 Å². The summed E-state index contributed by atoms with van der Waals surface area (Å²) in [6.45, 7) is 3.24. The molecular weight excluding hydrogens is 310 g/mol. The van der Waals surface area contributed by atoms with E-state index in [1.165, 1.54) is 0 Å². The summed E-state index contributed by atoms with van der Waals surface area (Å²) in [4.78, 5) is 18.4. The van der Waals surface area contributed by atoms with Crippen LogP contribution in [0.5, 0.6) is 5.75 Å². The first-order chi connectivity index (χ1) is 11.1. The molecule has 1 aliphatic rings. The average molecular weight is 331 g/mol. The highest BCUT2D eigenvalue weighted by atomic mass is 32.1. The number of benzene rings is 1. The molecule has 2 atom stereocenters. The number of rotatable bonds is 4. The van der Waals surface area contributed by atoms with Crippen molar-refractivity contribution in [1.29, 1.82) is 0 Å². The van der Waals surface area contributed by atoms with Crippen molar-refractivity contribution in [3.63, 3.8) is 0 Å². The van der Waals surface area contributed by atoms with Crippen LogP contribution in [0.4, 0.5) is 4.79 Å². The lowest BCUT2D eigenvalue weighted by Crippen LogP contribution is -2.48. The minimum Gasteiger partial charge on any atom is -0.491 e. The van der Waals surface area contributed by atoms with Gasteiger partial charge in [0.05, 0.1) is 11.0 Å². The Bertz CT molecular complexity index is 660. The van der Waals surface area contributed by atoms with E-state index >= 15 is 0 Å².